The summed E-state index contributed by atoms with van der Waals surface area (Å²) in [5.41, 5.74) is 4.55. The maximum absolute atomic E-state index is 10.3. The summed E-state index contributed by atoms with van der Waals surface area (Å²) in [5, 5.41) is 10.3. The van der Waals surface area contributed by atoms with E-state index in [1.807, 2.05) is 6.92 Å². The molecule has 0 aromatic heterocycles. The summed E-state index contributed by atoms with van der Waals surface area (Å²) >= 11 is -1.56. The summed E-state index contributed by atoms with van der Waals surface area (Å²) in [6, 6.07) is 33.1. The van der Waals surface area contributed by atoms with Crippen molar-refractivity contribution in [2.45, 2.75) is 52.8 Å². The van der Waals surface area contributed by atoms with Crippen LogP contribution in [0.3, 0.4) is 0 Å². The van der Waals surface area contributed by atoms with E-state index in [1.54, 1.807) is 0 Å². The van der Waals surface area contributed by atoms with E-state index in [-0.39, 0.29) is 5.92 Å². The van der Waals surface area contributed by atoms with Crippen molar-refractivity contribution in [1.82, 2.24) is 0 Å². The third-order valence-corrected chi connectivity index (χ3v) is 13.4. The van der Waals surface area contributed by atoms with Gasteiger partial charge in [-0.15, -0.1) is 0 Å². The van der Waals surface area contributed by atoms with Crippen LogP contribution in [0, 0.1) is 5.92 Å². The molecule has 1 unspecified atom stereocenters. The molecule has 0 aliphatic heterocycles. The van der Waals surface area contributed by atoms with Gasteiger partial charge in [0.1, 0.15) is 0 Å². The van der Waals surface area contributed by atoms with Gasteiger partial charge in [-0.2, -0.15) is 0 Å². The molecule has 3 aromatic rings. The van der Waals surface area contributed by atoms with Gasteiger partial charge in [-0.1, -0.05) is 26.7 Å². The molecule has 0 saturated heterocycles. The first-order valence-corrected chi connectivity index (χ1v) is 17.8. The van der Waals surface area contributed by atoms with Crippen LogP contribution >= 0.6 is 0 Å². The van der Waals surface area contributed by atoms with Crippen molar-refractivity contribution >= 4 is 25.7 Å². The summed E-state index contributed by atoms with van der Waals surface area (Å²) in [6.07, 6.45) is 3.52. The van der Waals surface area contributed by atoms with Crippen LogP contribution in [0.15, 0.2) is 91.0 Å². The Morgan fingerprint density at radius 3 is 1.38 bits per heavy atom. The van der Waals surface area contributed by atoms with Gasteiger partial charge in [0.05, 0.1) is 0 Å². The van der Waals surface area contributed by atoms with E-state index in [0.717, 1.165) is 19.3 Å². The molecule has 0 aliphatic carbocycles. The van der Waals surface area contributed by atoms with Crippen LogP contribution in [-0.2, 0) is 18.1 Å². The molecule has 32 heavy (non-hydrogen) atoms. The molecule has 0 bridgehead atoms. The molecule has 168 valence electrons. The monoisotopic (exact) mass is 536 g/mol. The third-order valence-electron chi connectivity index (χ3n) is 5.62. The number of unbranched alkanes of at least 4 members (excludes halogenated alkanes) is 1. The molecule has 2 nitrogen and oxygen atoms in total. The molecule has 3 aromatic carbocycles. The molecule has 3 heteroatoms. The fourth-order valence-corrected chi connectivity index (χ4v) is 11.8. The van der Waals surface area contributed by atoms with Crippen molar-refractivity contribution in [2.24, 2.45) is 5.92 Å². The maximum atomic E-state index is 10.3. The average Bonchev–Trinajstić information content (AvgIpc) is 2.82. The van der Waals surface area contributed by atoms with Crippen LogP contribution in [0.4, 0.5) is 0 Å². The number of carbonyl (C=O) groups excluding carboxylic acids is 1. The Balaban J connectivity index is 0.000000309. The van der Waals surface area contributed by atoms with Gasteiger partial charge in [-0.05, 0) is 18.8 Å². The predicted octanol–water partition coefficient (Wildman–Crippen LogP) is 5.78. The first-order valence-electron chi connectivity index (χ1n) is 11.8. The second kappa shape index (κ2) is 15.7. The minimum absolute atomic E-state index is 0.222. The van der Waals surface area contributed by atoms with Crippen molar-refractivity contribution in [3.05, 3.63) is 108 Å². The molecule has 0 saturated carbocycles. The Morgan fingerprint density at radius 2 is 1.09 bits per heavy atom. The van der Waals surface area contributed by atoms with Crippen molar-refractivity contribution in [3.8, 4) is 0 Å². The molecule has 0 amide bonds. The summed E-state index contributed by atoms with van der Waals surface area (Å²) < 4.78 is 3.98. The Kier molecular flexibility index (Phi) is 12.8. The normalized spacial score (nSPS) is 11.2. The van der Waals surface area contributed by atoms with Crippen molar-refractivity contribution in [1.29, 1.82) is 0 Å². The molecular formula is C29H36O2Sn. The van der Waals surface area contributed by atoms with Crippen molar-refractivity contribution in [2.75, 3.05) is 0 Å². The van der Waals surface area contributed by atoms with Crippen molar-refractivity contribution in [3.63, 3.8) is 0 Å². The Bertz CT molecular complexity index is 767. The molecule has 0 heterocycles. The van der Waals surface area contributed by atoms with E-state index in [2.05, 4.69) is 97.9 Å². The van der Waals surface area contributed by atoms with Crippen LogP contribution in [0.5, 0.6) is 0 Å². The quantitative estimate of drug-likeness (QED) is 0.292. The summed E-state index contributed by atoms with van der Waals surface area (Å²) in [6.45, 7) is 3.94. The van der Waals surface area contributed by atoms with Gasteiger partial charge in [0.15, 0.2) is 0 Å². The van der Waals surface area contributed by atoms with Gasteiger partial charge in [-0.3, -0.25) is 0 Å². The fourth-order valence-electron chi connectivity index (χ4n) is 3.78. The van der Waals surface area contributed by atoms with Gasteiger partial charge < -0.3 is 9.90 Å². The average molecular weight is 535 g/mol. The van der Waals surface area contributed by atoms with E-state index in [9.17, 15) is 9.90 Å². The van der Waals surface area contributed by atoms with Crippen LogP contribution in [0.1, 0.15) is 56.2 Å². The SMILES string of the molecule is CCCCC(CC)C(=O)[O-].c1ccc([CH2][Sn+]([CH2]c2ccccc2)[CH2]c2ccccc2)cc1. The van der Waals surface area contributed by atoms with Crippen LogP contribution in [0.25, 0.3) is 0 Å². The first kappa shape index (κ1) is 26.2. The van der Waals surface area contributed by atoms with Crippen molar-refractivity contribution < 1.29 is 9.90 Å². The van der Waals surface area contributed by atoms with Crippen LogP contribution < -0.4 is 5.11 Å². The zero-order chi connectivity index (χ0) is 23.0. The number of carboxylic acid groups (broad SMARTS) is 1. The molecule has 0 radical (unpaired) electrons. The Morgan fingerprint density at radius 1 is 0.719 bits per heavy atom. The van der Waals surface area contributed by atoms with Crippen LogP contribution in [-0.4, -0.2) is 25.7 Å². The van der Waals surface area contributed by atoms with Gasteiger partial charge >= 0.3 is 141 Å². The number of carboxylic acids is 1. The predicted molar refractivity (Wildman–Crippen MR) is 135 cm³/mol. The summed E-state index contributed by atoms with van der Waals surface area (Å²) in [4.78, 5) is 10.3. The standard InChI is InChI=1S/C8H16O2.3C7H7.Sn/c1-3-5-6-7(4-2)8(9)10;3*1-7-5-3-2-4-6-7;/h7H,3-6H2,1-2H3,(H,9,10);3*2-6H,1H2;/q;;;;+1/p-1. The minimum atomic E-state index is -1.56. The third kappa shape index (κ3) is 10.5. The molecule has 3 rings (SSSR count). The molecule has 0 N–H and O–H groups in total. The van der Waals surface area contributed by atoms with E-state index < -0.39 is 25.7 Å². The van der Waals surface area contributed by atoms with Gasteiger partial charge in [0, 0.05) is 5.97 Å². The van der Waals surface area contributed by atoms with Gasteiger partial charge in [0.25, 0.3) is 0 Å². The zero-order valence-electron chi connectivity index (χ0n) is 19.5. The molecular weight excluding hydrogens is 499 g/mol. The van der Waals surface area contributed by atoms with E-state index in [1.165, 1.54) is 30.0 Å². The van der Waals surface area contributed by atoms with E-state index >= 15 is 0 Å². The summed E-state index contributed by atoms with van der Waals surface area (Å²) in [7, 11) is 0. The van der Waals surface area contributed by atoms with E-state index in [0.29, 0.717) is 6.42 Å². The molecule has 1 atom stereocenters. The van der Waals surface area contributed by atoms with E-state index in [4.69, 9.17) is 0 Å². The number of rotatable bonds is 11. The number of benzene rings is 3. The molecule has 0 fully saturated rings. The molecule has 0 aliphatic rings. The van der Waals surface area contributed by atoms with Gasteiger partial charge in [-0.25, -0.2) is 0 Å². The molecule has 0 spiro atoms. The fraction of sp³-hybridized carbons (Fsp3) is 0.345. The number of hydrogen-bond donors (Lipinski definition) is 0. The van der Waals surface area contributed by atoms with Crippen LogP contribution in [0.2, 0.25) is 0 Å². The second-order valence-electron chi connectivity index (χ2n) is 8.30. The van der Waals surface area contributed by atoms with Gasteiger partial charge in [0.2, 0.25) is 0 Å². The number of aliphatic carboxylic acids is 1. The zero-order valence-corrected chi connectivity index (χ0v) is 22.4. The first-order chi connectivity index (χ1) is 15.6. The second-order valence-corrected chi connectivity index (χ2v) is 15.6. The summed E-state index contributed by atoms with van der Waals surface area (Å²) in [5.74, 6) is -1.11. The number of hydrogen-bond acceptors (Lipinski definition) is 2. The topological polar surface area (TPSA) is 40.1 Å². The Labute approximate surface area is 201 Å². The number of carbonyl (C=O) groups is 1. The Hall–Kier alpha value is -2.07.